The van der Waals surface area contributed by atoms with Crippen LogP contribution in [0.15, 0.2) is 59.1 Å². The van der Waals surface area contributed by atoms with E-state index in [4.69, 9.17) is 4.52 Å². The number of hydrogen-bond donors (Lipinski definition) is 1. The van der Waals surface area contributed by atoms with Crippen LogP contribution in [0.2, 0.25) is 0 Å². The lowest BCUT2D eigenvalue weighted by Gasteiger charge is -2.05. The Morgan fingerprint density at radius 1 is 1.04 bits per heavy atom. The lowest BCUT2D eigenvalue weighted by atomic mass is 10.1. The number of carbonyl (C=O) groups is 1. The minimum Gasteiger partial charge on any atom is -0.348 e. The number of nitrogens with one attached hydrogen (secondary N) is 1. The number of hydrogen-bond acceptors (Lipinski definition) is 4. The van der Waals surface area contributed by atoms with Gasteiger partial charge in [0.2, 0.25) is 11.8 Å². The smallest absolute Gasteiger partial charge is 0.227 e. The van der Waals surface area contributed by atoms with Crippen LogP contribution in [-0.4, -0.2) is 16.0 Å². The van der Waals surface area contributed by atoms with Gasteiger partial charge in [0.25, 0.3) is 0 Å². The highest BCUT2D eigenvalue weighted by Crippen LogP contribution is 2.08. The first-order chi connectivity index (χ1) is 12.2. The van der Waals surface area contributed by atoms with Crippen molar-refractivity contribution in [1.82, 2.24) is 15.5 Å². The summed E-state index contributed by atoms with van der Waals surface area (Å²) in [6.07, 6.45) is 1.89. The largest absolute Gasteiger partial charge is 0.348 e. The molecular formula is C20H21N3O2. The first kappa shape index (κ1) is 16.9. The number of aromatic nitrogens is 2. The fourth-order valence-electron chi connectivity index (χ4n) is 2.58. The molecule has 0 spiro atoms. The molecule has 5 nitrogen and oxygen atoms in total. The lowest BCUT2D eigenvalue weighted by Crippen LogP contribution is -2.25. The number of nitrogens with zero attached hydrogens (tertiary/aromatic N) is 2. The van der Waals surface area contributed by atoms with Gasteiger partial charge in [-0.25, -0.2) is 0 Å². The fourth-order valence-corrected chi connectivity index (χ4v) is 2.58. The molecule has 0 aliphatic rings. The molecular weight excluding hydrogens is 314 g/mol. The Labute approximate surface area is 147 Å². The fraction of sp³-hybridized carbons (Fsp3) is 0.250. The van der Waals surface area contributed by atoms with E-state index in [-0.39, 0.29) is 12.5 Å². The van der Waals surface area contributed by atoms with Gasteiger partial charge in [0, 0.05) is 6.42 Å². The third-order valence-electron chi connectivity index (χ3n) is 4.04. The molecule has 0 atom stereocenters. The summed E-state index contributed by atoms with van der Waals surface area (Å²) in [5.41, 5.74) is 3.37. The van der Waals surface area contributed by atoms with Crippen molar-refractivity contribution in [3.63, 3.8) is 0 Å². The Morgan fingerprint density at radius 3 is 2.60 bits per heavy atom. The molecule has 2 aromatic carbocycles. The second-order valence-corrected chi connectivity index (χ2v) is 5.97. The molecule has 25 heavy (non-hydrogen) atoms. The summed E-state index contributed by atoms with van der Waals surface area (Å²) in [4.78, 5) is 16.4. The number of aryl methyl sites for hydroxylation is 3. The van der Waals surface area contributed by atoms with Crippen LogP contribution in [0.5, 0.6) is 0 Å². The molecule has 3 rings (SSSR count). The molecule has 0 saturated heterocycles. The normalized spacial score (nSPS) is 10.6. The average Bonchev–Trinajstić information content (AvgIpc) is 3.09. The zero-order chi connectivity index (χ0) is 17.5. The van der Waals surface area contributed by atoms with Crippen molar-refractivity contribution in [2.45, 2.75) is 32.7 Å². The summed E-state index contributed by atoms with van der Waals surface area (Å²) >= 11 is 0. The van der Waals surface area contributed by atoms with E-state index in [0.29, 0.717) is 24.6 Å². The zero-order valence-electron chi connectivity index (χ0n) is 14.2. The van der Waals surface area contributed by atoms with Crippen LogP contribution in [0.4, 0.5) is 0 Å². The van der Waals surface area contributed by atoms with Gasteiger partial charge in [-0.15, -0.1) is 0 Å². The van der Waals surface area contributed by atoms with Crippen molar-refractivity contribution >= 4 is 5.91 Å². The van der Waals surface area contributed by atoms with Gasteiger partial charge in [-0.05, 0) is 30.0 Å². The Hall–Kier alpha value is -2.95. The van der Waals surface area contributed by atoms with E-state index in [2.05, 4.69) is 27.6 Å². The Bertz CT molecular complexity index is 828. The van der Waals surface area contributed by atoms with Gasteiger partial charge in [0.05, 0.1) is 13.0 Å². The van der Waals surface area contributed by atoms with Crippen LogP contribution in [0, 0.1) is 6.92 Å². The molecule has 0 fully saturated rings. The van der Waals surface area contributed by atoms with Crippen molar-refractivity contribution in [3.05, 3.63) is 83.0 Å². The summed E-state index contributed by atoms with van der Waals surface area (Å²) in [6, 6.07) is 18.0. The van der Waals surface area contributed by atoms with Crippen LogP contribution in [0.25, 0.3) is 0 Å². The van der Waals surface area contributed by atoms with Crippen molar-refractivity contribution < 1.29 is 9.32 Å². The average molecular weight is 335 g/mol. The van der Waals surface area contributed by atoms with Gasteiger partial charge < -0.3 is 9.84 Å². The first-order valence-corrected chi connectivity index (χ1v) is 8.37. The SMILES string of the molecule is Cc1ccccc1CC(=O)NCc1noc(CCc2ccccc2)n1. The maximum atomic E-state index is 12.1. The number of amides is 1. The standard InChI is InChI=1S/C20H21N3O2/c1-15-7-5-6-10-17(15)13-19(24)21-14-18-22-20(25-23-18)12-11-16-8-3-2-4-9-16/h2-10H,11-14H2,1H3,(H,21,24). The first-order valence-electron chi connectivity index (χ1n) is 8.37. The highest BCUT2D eigenvalue weighted by Gasteiger charge is 2.09. The predicted octanol–water partition coefficient (Wildman–Crippen LogP) is 3.02. The quantitative estimate of drug-likeness (QED) is 0.721. The Balaban J connectivity index is 1.47. The van der Waals surface area contributed by atoms with Gasteiger partial charge in [-0.1, -0.05) is 59.8 Å². The number of carbonyl (C=O) groups excluding carboxylic acids is 1. The predicted molar refractivity (Wildman–Crippen MR) is 94.9 cm³/mol. The summed E-state index contributed by atoms with van der Waals surface area (Å²) in [5.74, 6) is 1.04. The molecule has 0 radical (unpaired) electrons. The van der Waals surface area contributed by atoms with E-state index in [9.17, 15) is 4.79 Å². The Morgan fingerprint density at radius 2 is 1.80 bits per heavy atom. The molecule has 0 aliphatic carbocycles. The minimum atomic E-state index is -0.0510. The molecule has 128 valence electrons. The highest BCUT2D eigenvalue weighted by atomic mass is 16.5. The summed E-state index contributed by atoms with van der Waals surface area (Å²) in [5, 5.41) is 6.76. The molecule has 0 aliphatic heterocycles. The maximum Gasteiger partial charge on any atom is 0.227 e. The topological polar surface area (TPSA) is 68.0 Å². The molecule has 0 unspecified atom stereocenters. The van der Waals surface area contributed by atoms with Crippen molar-refractivity contribution in [3.8, 4) is 0 Å². The van der Waals surface area contributed by atoms with E-state index in [1.807, 2.05) is 49.4 Å². The third kappa shape index (κ3) is 5.01. The van der Waals surface area contributed by atoms with Crippen LogP contribution >= 0.6 is 0 Å². The summed E-state index contributed by atoms with van der Waals surface area (Å²) < 4.78 is 5.24. The van der Waals surface area contributed by atoms with E-state index >= 15 is 0 Å². The lowest BCUT2D eigenvalue weighted by molar-refractivity contribution is -0.120. The van der Waals surface area contributed by atoms with E-state index in [1.165, 1.54) is 5.56 Å². The minimum absolute atomic E-state index is 0.0510. The van der Waals surface area contributed by atoms with Crippen molar-refractivity contribution in [1.29, 1.82) is 0 Å². The van der Waals surface area contributed by atoms with Gasteiger partial charge in [-0.3, -0.25) is 4.79 Å². The van der Waals surface area contributed by atoms with E-state index < -0.39 is 0 Å². The van der Waals surface area contributed by atoms with Crippen LogP contribution < -0.4 is 5.32 Å². The van der Waals surface area contributed by atoms with Crippen molar-refractivity contribution in [2.24, 2.45) is 0 Å². The highest BCUT2D eigenvalue weighted by molar-refractivity contribution is 5.78. The summed E-state index contributed by atoms with van der Waals surface area (Å²) in [6.45, 7) is 2.28. The molecule has 1 heterocycles. The van der Waals surface area contributed by atoms with Crippen LogP contribution in [0.3, 0.4) is 0 Å². The van der Waals surface area contributed by atoms with Gasteiger partial charge in [-0.2, -0.15) is 4.98 Å². The van der Waals surface area contributed by atoms with Crippen LogP contribution in [-0.2, 0) is 30.6 Å². The third-order valence-corrected chi connectivity index (χ3v) is 4.04. The second kappa shape index (κ2) is 8.24. The van der Waals surface area contributed by atoms with Gasteiger partial charge in [0.15, 0.2) is 5.82 Å². The molecule has 1 amide bonds. The molecule has 0 saturated carbocycles. The molecule has 0 bridgehead atoms. The molecule has 1 aromatic heterocycles. The number of benzene rings is 2. The molecule has 5 heteroatoms. The van der Waals surface area contributed by atoms with Gasteiger partial charge >= 0.3 is 0 Å². The van der Waals surface area contributed by atoms with E-state index in [0.717, 1.165) is 17.5 Å². The Kier molecular flexibility index (Phi) is 5.57. The van der Waals surface area contributed by atoms with Crippen LogP contribution in [0.1, 0.15) is 28.4 Å². The second-order valence-electron chi connectivity index (χ2n) is 5.97. The maximum absolute atomic E-state index is 12.1. The van der Waals surface area contributed by atoms with Gasteiger partial charge in [0.1, 0.15) is 0 Å². The zero-order valence-corrected chi connectivity index (χ0v) is 14.2. The number of rotatable bonds is 7. The summed E-state index contributed by atoms with van der Waals surface area (Å²) in [7, 11) is 0. The van der Waals surface area contributed by atoms with E-state index in [1.54, 1.807) is 0 Å². The monoisotopic (exact) mass is 335 g/mol. The molecule has 1 N–H and O–H groups in total. The van der Waals surface area contributed by atoms with Crippen molar-refractivity contribution in [2.75, 3.05) is 0 Å². The molecule has 3 aromatic rings.